The quantitative estimate of drug-likeness (QED) is 0.856. The molecule has 0 unspecified atom stereocenters. The van der Waals surface area contributed by atoms with Crippen LogP contribution in [0.25, 0.3) is 0 Å². The Labute approximate surface area is 122 Å². The molecule has 0 radical (unpaired) electrons. The van der Waals surface area contributed by atoms with E-state index in [1.54, 1.807) is 0 Å². The van der Waals surface area contributed by atoms with Gasteiger partial charge in [-0.25, -0.2) is 0 Å². The lowest BCUT2D eigenvalue weighted by molar-refractivity contribution is 0.152. The minimum Gasteiger partial charge on any atom is -0.389 e. The van der Waals surface area contributed by atoms with Crippen molar-refractivity contribution in [1.82, 2.24) is 4.90 Å². The minimum absolute atomic E-state index is 0.507. The summed E-state index contributed by atoms with van der Waals surface area (Å²) in [7, 11) is 0. The number of nitrogens with two attached hydrogens (primary N) is 1. The van der Waals surface area contributed by atoms with Gasteiger partial charge in [-0.05, 0) is 43.3 Å². The van der Waals surface area contributed by atoms with Gasteiger partial charge >= 0.3 is 0 Å². The molecule has 0 aliphatic carbocycles. The summed E-state index contributed by atoms with van der Waals surface area (Å²) in [5.74, 6) is 1.70. The molecule has 0 spiro atoms. The Kier molecular flexibility index (Phi) is 4.94. The monoisotopic (exact) mass is 276 g/mol. The van der Waals surface area contributed by atoms with Crippen molar-refractivity contribution in [3.8, 4) is 0 Å². The molecule has 0 aromatic heterocycles. The summed E-state index contributed by atoms with van der Waals surface area (Å²) in [6.07, 6.45) is 2.62. The molecule has 0 atom stereocenters. The van der Waals surface area contributed by atoms with Crippen LogP contribution in [0.15, 0.2) is 24.3 Å². The average Bonchev–Trinajstić information content (AvgIpc) is 2.39. The van der Waals surface area contributed by atoms with Crippen molar-refractivity contribution in [3.05, 3.63) is 35.4 Å². The molecule has 1 fully saturated rings. The Morgan fingerprint density at radius 3 is 2.53 bits per heavy atom. The SMILES string of the molecule is CC(C)C1CCN(Cc2ccccc2C(N)=S)CC1. The average molecular weight is 276 g/mol. The third-order valence-corrected chi connectivity index (χ3v) is 4.47. The molecule has 2 N–H and O–H groups in total. The molecule has 0 bridgehead atoms. The van der Waals surface area contributed by atoms with E-state index in [1.807, 2.05) is 12.1 Å². The van der Waals surface area contributed by atoms with Crippen LogP contribution in [0.1, 0.15) is 37.8 Å². The van der Waals surface area contributed by atoms with E-state index in [4.69, 9.17) is 18.0 Å². The van der Waals surface area contributed by atoms with Crippen LogP contribution in [0.3, 0.4) is 0 Å². The van der Waals surface area contributed by atoms with Crippen molar-refractivity contribution in [1.29, 1.82) is 0 Å². The highest BCUT2D eigenvalue weighted by Crippen LogP contribution is 2.25. The molecule has 1 aromatic carbocycles. The molecule has 1 aliphatic rings. The molecule has 1 aromatic rings. The second-order valence-electron chi connectivity index (χ2n) is 5.88. The Balaban J connectivity index is 1.98. The maximum atomic E-state index is 5.79. The predicted molar refractivity (Wildman–Crippen MR) is 85.2 cm³/mol. The number of benzene rings is 1. The van der Waals surface area contributed by atoms with E-state index in [0.29, 0.717) is 4.99 Å². The first-order chi connectivity index (χ1) is 9.08. The van der Waals surface area contributed by atoms with Gasteiger partial charge in [0.15, 0.2) is 0 Å². The smallest absolute Gasteiger partial charge is 0.104 e. The Hall–Kier alpha value is -0.930. The number of rotatable bonds is 4. The van der Waals surface area contributed by atoms with Crippen LogP contribution >= 0.6 is 12.2 Å². The van der Waals surface area contributed by atoms with Crippen LogP contribution in [0.2, 0.25) is 0 Å². The molecule has 3 heteroatoms. The van der Waals surface area contributed by atoms with Crippen LogP contribution in [0, 0.1) is 11.8 Å². The molecular weight excluding hydrogens is 252 g/mol. The minimum atomic E-state index is 0.507. The van der Waals surface area contributed by atoms with Gasteiger partial charge in [-0.3, -0.25) is 4.90 Å². The fourth-order valence-electron chi connectivity index (χ4n) is 2.92. The van der Waals surface area contributed by atoms with Gasteiger partial charge in [0, 0.05) is 12.1 Å². The van der Waals surface area contributed by atoms with Crippen LogP contribution in [0.5, 0.6) is 0 Å². The van der Waals surface area contributed by atoms with E-state index in [1.165, 1.54) is 31.5 Å². The highest BCUT2D eigenvalue weighted by atomic mass is 32.1. The molecule has 1 aliphatic heterocycles. The zero-order valence-corrected chi connectivity index (χ0v) is 12.7. The lowest BCUT2D eigenvalue weighted by Gasteiger charge is -2.34. The van der Waals surface area contributed by atoms with Crippen LogP contribution < -0.4 is 5.73 Å². The number of hydrogen-bond acceptors (Lipinski definition) is 2. The zero-order valence-electron chi connectivity index (χ0n) is 11.9. The molecule has 19 heavy (non-hydrogen) atoms. The van der Waals surface area contributed by atoms with Crippen LogP contribution in [0.4, 0.5) is 0 Å². The van der Waals surface area contributed by atoms with Crippen molar-refractivity contribution in [2.75, 3.05) is 13.1 Å². The van der Waals surface area contributed by atoms with Crippen molar-refractivity contribution >= 4 is 17.2 Å². The lowest BCUT2D eigenvalue weighted by atomic mass is 9.86. The summed E-state index contributed by atoms with van der Waals surface area (Å²) < 4.78 is 0. The molecule has 0 amide bonds. The van der Waals surface area contributed by atoms with Gasteiger partial charge in [0.1, 0.15) is 4.99 Å². The first-order valence-corrected chi connectivity index (χ1v) is 7.59. The molecule has 2 rings (SSSR count). The number of nitrogens with zero attached hydrogens (tertiary/aromatic N) is 1. The number of likely N-dealkylation sites (tertiary alicyclic amines) is 1. The highest BCUT2D eigenvalue weighted by Gasteiger charge is 2.22. The third kappa shape index (κ3) is 3.77. The number of hydrogen-bond donors (Lipinski definition) is 1. The standard InChI is InChI=1S/C16H24N2S/c1-12(2)13-7-9-18(10-8-13)11-14-5-3-4-6-15(14)16(17)19/h3-6,12-13H,7-11H2,1-2H3,(H2,17,19). The summed E-state index contributed by atoms with van der Waals surface area (Å²) in [5, 5.41) is 0. The van der Waals surface area contributed by atoms with Crippen molar-refractivity contribution < 1.29 is 0 Å². The fraction of sp³-hybridized carbons (Fsp3) is 0.562. The van der Waals surface area contributed by atoms with Crippen molar-refractivity contribution in [3.63, 3.8) is 0 Å². The molecule has 0 saturated carbocycles. The maximum absolute atomic E-state index is 5.79. The van der Waals surface area contributed by atoms with Gasteiger partial charge in [-0.15, -0.1) is 0 Å². The Bertz CT molecular complexity index is 434. The van der Waals surface area contributed by atoms with E-state index >= 15 is 0 Å². The Morgan fingerprint density at radius 2 is 1.95 bits per heavy atom. The van der Waals surface area contributed by atoms with E-state index in [9.17, 15) is 0 Å². The van der Waals surface area contributed by atoms with Gasteiger partial charge in [-0.1, -0.05) is 50.3 Å². The molecule has 1 heterocycles. The summed E-state index contributed by atoms with van der Waals surface area (Å²) in [4.78, 5) is 3.03. The van der Waals surface area contributed by atoms with Gasteiger partial charge in [0.25, 0.3) is 0 Å². The van der Waals surface area contributed by atoms with Gasteiger partial charge < -0.3 is 5.73 Å². The van der Waals surface area contributed by atoms with E-state index < -0.39 is 0 Å². The summed E-state index contributed by atoms with van der Waals surface area (Å²) in [6.45, 7) is 8.02. The molecule has 104 valence electrons. The first kappa shape index (κ1) is 14.5. The second kappa shape index (κ2) is 6.49. The molecule has 2 nitrogen and oxygen atoms in total. The highest BCUT2D eigenvalue weighted by molar-refractivity contribution is 7.80. The maximum Gasteiger partial charge on any atom is 0.104 e. The normalized spacial score (nSPS) is 17.8. The third-order valence-electron chi connectivity index (χ3n) is 4.25. The van der Waals surface area contributed by atoms with Crippen molar-refractivity contribution in [2.24, 2.45) is 17.6 Å². The van der Waals surface area contributed by atoms with Gasteiger partial charge in [0.05, 0.1) is 0 Å². The predicted octanol–water partition coefficient (Wildman–Crippen LogP) is 3.19. The number of piperidine rings is 1. The number of thiocarbonyl (C=S) groups is 1. The first-order valence-electron chi connectivity index (χ1n) is 7.18. The van der Waals surface area contributed by atoms with Gasteiger partial charge in [-0.2, -0.15) is 0 Å². The topological polar surface area (TPSA) is 29.3 Å². The molecule has 1 saturated heterocycles. The summed E-state index contributed by atoms with van der Waals surface area (Å²) >= 11 is 5.13. The summed E-state index contributed by atoms with van der Waals surface area (Å²) in [5.41, 5.74) is 8.09. The van der Waals surface area contributed by atoms with Crippen LogP contribution in [-0.4, -0.2) is 23.0 Å². The second-order valence-corrected chi connectivity index (χ2v) is 6.32. The van der Waals surface area contributed by atoms with Gasteiger partial charge in [0.2, 0.25) is 0 Å². The zero-order chi connectivity index (χ0) is 13.8. The molecular formula is C16H24N2S. The van der Waals surface area contributed by atoms with Crippen molar-refractivity contribution in [2.45, 2.75) is 33.2 Å². The fourth-order valence-corrected chi connectivity index (χ4v) is 3.12. The Morgan fingerprint density at radius 1 is 1.32 bits per heavy atom. The van der Waals surface area contributed by atoms with E-state index in [2.05, 4.69) is 30.9 Å². The van der Waals surface area contributed by atoms with E-state index in [0.717, 1.165) is 23.9 Å². The largest absolute Gasteiger partial charge is 0.389 e. The summed E-state index contributed by atoms with van der Waals surface area (Å²) in [6, 6.07) is 8.24. The van der Waals surface area contributed by atoms with E-state index in [-0.39, 0.29) is 0 Å². The lowest BCUT2D eigenvalue weighted by Crippen LogP contribution is -2.35. The van der Waals surface area contributed by atoms with Crippen LogP contribution in [-0.2, 0) is 6.54 Å².